The second kappa shape index (κ2) is 9.11. The maximum atomic E-state index is 12.1. The van der Waals surface area contributed by atoms with E-state index in [1.54, 1.807) is 12.1 Å². The maximum Gasteiger partial charge on any atom is 0.262 e. The van der Waals surface area contributed by atoms with Gasteiger partial charge in [0.1, 0.15) is 18.1 Å². The number of carbonyl (C=O) groups is 1. The molecule has 1 heterocycles. The average Bonchev–Trinajstić information content (AvgIpc) is 3.17. The molecule has 1 aliphatic rings. The molecular formula is C21H24ClNO4. The molecule has 0 aliphatic carbocycles. The van der Waals surface area contributed by atoms with Crippen LogP contribution in [0.25, 0.3) is 0 Å². The molecule has 2 aromatic rings. The molecule has 1 fully saturated rings. The van der Waals surface area contributed by atoms with Gasteiger partial charge in [0.05, 0.1) is 6.10 Å². The topological polar surface area (TPSA) is 56.8 Å². The first-order chi connectivity index (χ1) is 13.0. The Hall–Kier alpha value is -2.24. The van der Waals surface area contributed by atoms with Crippen molar-refractivity contribution in [3.05, 3.63) is 52.5 Å². The van der Waals surface area contributed by atoms with Crippen molar-refractivity contribution in [2.45, 2.75) is 32.8 Å². The number of rotatable bonds is 7. The SMILES string of the molecule is Cc1cc(OCC(=O)Nc2ccc(OC[C@@H]3CCCO3)cc2)cc(C)c1Cl. The fourth-order valence-electron chi connectivity index (χ4n) is 2.93. The van der Waals surface area contributed by atoms with E-state index in [2.05, 4.69) is 5.32 Å². The molecule has 0 spiro atoms. The highest BCUT2D eigenvalue weighted by atomic mass is 35.5. The van der Waals surface area contributed by atoms with Crippen molar-refractivity contribution in [3.8, 4) is 11.5 Å². The summed E-state index contributed by atoms with van der Waals surface area (Å²) < 4.78 is 16.8. The number of ether oxygens (including phenoxy) is 3. The van der Waals surface area contributed by atoms with Gasteiger partial charge in [-0.25, -0.2) is 0 Å². The lowest BCUT2D eigenvalue weighted by atomic mass is 10.1. The van der Waals surface area contributed by atoms with Crippen molar-refractivity contribution in [1.29, 1.82) is 0 Å². The van der Waals surface area contributed by atoms with Crippen LogP contribution in [0.1, 0.15) is 24.0 Å². The minimum atomic E-state index is -0.228. The van der Waals surface area contributed by atoms with Crippen LogP contribution in [0, 0.1) is 13.8 Å². The predicted octanol–water partition coefficient (Wildman–Crippen LogP) is 4.53. The van der Waals surface area contributed by atoms with Crippen molar-refractivity contribution >= 4 is 23.2 Å². The van der Waals surface area contributed by atoms with Crippen molar-refractivity contribution < 1.29 is 19.0 Å². The van der Waals surface area contributed by atoms with E-state index in [0.29, 0.717) is 23.1 Å². The largest absolute Gasteiger partial charge is 0.491 e. The fraction of sp³-hybridized carbons (Fsp3) is 0.381. The van der Waals surface area contributed by atoms with Crippen LogP contribution in [0.5, 0.6) is 11.5 Å². The Kier molecular flexibility index (Phi) is 6.58. The van der Waals surface area contributed by atoms with Gasteiger partial charge in [0.15, 0.2) is 6.61 Å². The predicted molar refractivity (Wildman–Crippen MR) is 106 cm³/mol. The quantitative estimate of drug-likeness (QED) is 0.755. The molecule has 0 unspecified atom stereocenters. The van der Waals surface area contributed by atoms with E-state index in [4.69, 9.17) is 25.8 Å². The molecule has 0 bridgehead atoms. The smallest absolute Gasteiger partial charge is 0.262 e. The number of benzene rings is 2. The molecule has 1 atom stereocenters. The van der Waals surface area contributed by atoms with Gasteiger partial charge in [-0.05, 0) is 74.2 Å². The van der Waals surface area contributed by atoms with Crippen molar-refractivity contribution in [2.24, 2.45) is 0 Å². The first-order valence-corrected chi connectivity index (χ1v) is 9.43. The lowest BCUT2D eigenvalue weighted by molar-refractivity contribution is -0.118. The number of halogens is 1. The number of amides is 1. The monoisotopic (exact) mass is 389 g/mol. The van der Waals surface area contributed by atoms with Crippen LogP contribution in [0.15, 0.2) is 36.4 Å². The van der Waals surface area contributed by atoms with Crippen LogP contribution in [0.4, 0.5) is 5.69 Å². The van der Waals surface area contributed by atoms with Crippen LogP contribution in [-0.4, -0.2) is 31.8 Å². The minimum Gasteiger partial charge on any atom is -0.491 e. The standard InChI is InChI=1S/C21H24ClNO4/c1-14-10-19(11-15(2)21(14)22)27-13-20(24)23-16-5-7-17(8-6-16)26-12-18-4-3-9-25-18/h5-8,10-11,18H,3-4,9,12-13H2,1-2H3,(H,23,24)/t18-/m0/s1. The van der Waals surface area contributed by atoms with Gasteiger partial charge in [-0.3, -0.25) is 4.79 Å². The number of carbonyl (C=O) groups excluding carboxylic acids is 1. The summed E-state index contributed by atoms with van der Waals surface area (Å²) in [6.07, 6.45) is 2.32. The second-order valence-electron chi connectivity index (χ2n) is 6.68. The van der Waals surface area contributed by atoms with Crippen LogP contribution in [0.3, 0.4) is 0 Å². The molecule has 5 nitrogen and oxygen atoms in total. The highest BCUT2D eigenvalue weighted by Gasteiger charge is 2.16. The fourth-order valence-corrected chi connectivity index (χ4v) is 3.04. The van der Waals surface area contributed by atoms with Crippen LogP contribution in [-0.2, 0) is 9.53 Å². The van der Waals surface area contributed by atoms with Gasteiger partial charge in [-0.1, -0.05) is 11.6 Å². The lowest BCUT2D eigenvalue weighted by Crippen LogP contribution is -2.20. The normalized spacial score (nSPS) is 16.2. The summed E-state index contributed by atoms with van der Waals surface area (Å²) in [5.41, 5.74) is 2.54. The summed E-state index contributed by atoms with van der Waals surface area (Å²) >= 11 is 6.14. The average molecular weight is 390 g/mol. The summed E-state index contributed by atoms with van der Waals surface area (Å²) in [6, 6.07) is 10.9. The van der Waals surface area contributed by atoms with E-state index in [9.17, 15) is 4.79 Å². The molecule has 0 aromatic heterocycles. The molecule has 0 radical (unpaired) electrons. The third kappa shape index (κ3) is 5.62. The molecule has 6 heteroatoms. The zero-order valence-electron chi connectivity index (χ0n) is 15.6. The van der Waals surface area contributed by atoms with Crippen LogP contribution < -0.4 is 14.8 Å². The van der Waals surface area contributed by atoms with E-state index >= 15 is 0 Å². The Morgan fingerprint density at radius 2 is 1.85 bits per heavy atom. The van der Waals surface area contributed by atoms with E-state index in [1.807, 2.05) is 38.1 Å². The third-order valence-corrected chi connectivity index (χ3v) is 4.97. The van der Waals surface area contributed by atoms with Gasteiger partial charge in [0.2, 0.25) is 0 Å². The summed E-state index contributed by atoms with van der Waals surface area (Å²) in [4.78, 5) is 12.1. The molecular weight excluding hydrogens is 366 g/mol. The molecule has 2 aromatic carbocycles. The Morgan fingerprint density at radius 1 is 1.15 bits per heavy atom. The molecule has 3 rings (SSSR count). The van der Waals surface area contributed by atoms with E-state index in [0.717, 1.165) is 36.3 Å². The third-order valence-electron chi connectivity index (χ3n) is 4.38. The number of hydrogen-bond donors (Lipinski definition) is 1. The number of aryl methyl sites for hydroxylation is 2. The minimum absolute atomic E-state index is 0.0716. The van der Waals surface area contributed by atoms with Gasteiger partial charge >= 0.3 is 0 Å². The second-order valence-corrected chi connectivity index (χ2v) is 7.06. The highest BCUT2D eigenvalue weighted by Crippen LogP contribution is 2.26. The molecule has 1 N–H and O–H groups in total. The lowest BCUT2D eigenvalue weighted by Gasteiger charge is -2.12. The Bertz CT molecular complexity index is 762. The summed E-state index contributed by atoms with van der Waals surface area (Å²) in [6.45, 7) is 5.11. The zero-order chi connectivity index (χ0) is 19.2. The number of nitrogens with one attached hydrogen (secondary N) is 1. The zero-order valence-corrected chi connectivity index (χ0v) is 16.3. The molecule has 1 amide bonds. The Morgan fingerprint density at radius 3 is 2.48 bits per heavy atom. The highest BCUT2D eigenvalue weighted by molar-refractivity contribution is 6.32. The van der Waals surface area contributed by atoms with Gasteiger partial charge in [0.25, 0.3) is 5.91 Å². The first-order valence-electron chi connectivity index (χ1n) is 9.05. The molecule has 27 heavy (non-hydrogen) atoms. The maximum absolute atomic E-state index is 12.1. The molecule has 144 valence electrons. The van der Waals surface area contributed by atoms with Gasteiger partial charge in [-0.2, -0.15) is 0 Å². The van der Waals surface area contributed by atoms with Crippen molar-refractivity contribution in [3.63, 3.8) is 0 Å². The van der Waals surface area contributed by atoms with Gasteiger partial charge in [-0.15, -0.1) is 0 Å². The summed E-state index contributed by atoms with van der Waals surface area (Å²) in [5.74, 6) is 1.16. The first kappa shape index (κ1) is 19.5. The molecule has 0 saturated carbocycles. The van der Waals surface area contributed by atoms with E-state index in [-0.39, 0.29) is 18.6 Å². The van der Waals surface area contributed by atoms with Crippen molar-refractivity contribution in [2.75, 3.05) is 25.1 Å². The van der Waals surface area contributed by atoms with Crippen molar-refractivity contribution in [1.82, 2.24) is 0 Å². The Labute approximate surface area is 164 Å². The summed E-state index contributed by atoms with van der Waals surface area (Å²) in [5, 5.41) is 3.52. The van der Waals surface area contributed by atoms with Crippen LogP contribution in [0.2, 0.25) is 5.02 Å². The molecule has 1 saturated heterocycles. The summed E-state index contributed by atoms with van der Waals surface area (Å²) in [7, 11) is 0. The number of hydrogen-bond acceptors (Lipinski definition) is 4. The number of anilines is 1. The van der Waals surface area contributed by atoms with E-state index < -0.39 is 0 Å². The van der Waals surface area contributed by atoms with Crippen LogP contribution >= 0.6 is 11.6 Å². The van der Waals surface area contributed by atoms with E-state index in [1.165, 1.54) is 0 Å². The van der Waals surface area contributed by atoms with Gasteiger partial charge < -0.3 is 19.5 Å². The molecule has 1 aliphatic heterocycles. The Balaban J connectivity index is 1.46. The van der Waals surface area contributed by atoms with Gasteiger partial charge in [0, 0.05) is 17.3 Å².